The fraction of sp³-hybridized carbons (Fsp3) is 1.00. The fourth-order valence-electron chi connectivity index (χ4n) is 1.06. The lowest BCUT2D eigenvalue weighted by Gasteiger charge is -2.29. The third kappa shape index (κ3) is 1.90. The van der Waals surface area contributed by atoms with Crippen molar-refractivity contribution in [3.8, 4) is 0 Å². The van der Waals surface area contributed by atoms with E-state index in [1.54, 1.807) is 0 Å². The maximum absolute atomic E-state index is 11.9. The molecular formula is C5H9BF3O-. The van der Waals surface area contributed by atoms with Crippen LogP contribution >= 0.6 is 0 Å². The predicted molar refractivity (Wildman–Crippen MR) is 32.9 cm³/mol. The van der Waals surface area contributed by atoms with Gasteiger partial charge in [0.15, 0.2) is 0 Å². The standard InChI is InChI=1S/C5H9BF3O/c7-6(8,9)5-2-1-3-10-4-5/h5H,1-4H2/q-1. The molecule has 1 atom stereocenters. The van der Waals surface area contributed by atoms with Gasteiger partial charge >= 0.3 is 6.98 Å². The van der Waals surface area contributed by atoms with E-state index in [2.05, 4.69) is 0 Å². The summed E-state index contributed by atoms with van der Waals surface area (Å²) < 4.78 is 40.5. The summed E-state index contributed by atoms with van der Waals surface area (Å²) in [6, 6.07) is 0. The van der Waals surface area contributed by atoms with Crippen molar-refractivity contribution in [1.29, 1.82) is 0 Å². The van der Waals surface area contributed by atoms with Crippen LogP contribution in [0.4, 0.5) is 12.9 Å². The summed E-state index contributed by atoms with van der Waals surface area (Å²) in [5.74, 6) is -1.16. The Morgan fingerprint density at radius 3 is 2.30 bits per heavy atom. The van der Waals surface area contributed by atoms with Crippen LogP contribution in [0.2, 0.25) is 5.82 Å². The van der Waals surface area contributed by atoms with Gasteiger partial charge in [-0.1, -0.05) is 6.42 Å². The predicted octanol–water partition coefficient (Wildman–Crippen LogP) is 2.01. The molecule has 0 N–H and O–H groups in total. The molecule has 1 heterocycles. The van der Waals surface area contributed by atoms with Crippen molar-refractivity contribution in [3.63, 3.8) is 0 Å². The summed E-state index contributed by atoms with van der Waals surface area (Å²) in [6.45, 7) is -4.28. The summed E-state index contributed by atoms with van der Waals surface area (Å²) in [5, 5.41) is 0. The third-order valence-electron chi connectivity index (χ3n) is 1.73. The largest absolute Gasteiger partial charge is 0.483 e. The second kappa shape index (κ2) is 2.82. The zero-order valence-electron chi connectivity index (χ0n) is 5.53. The Kier molecular flexibility index (Phi) is 2.23. The van der Waals surface area contributed by atoms with Gasteiger partial charge in [0.05, 0.1) is 0 Å². The van der Waals surface area contributed by atoms with Gasteiger partial charge in [0.1, 0.15) is 0 Å². The van der Waals surface area contributed by atoms with E-state index in [4.69, 9.17) is 4.74 Å². The molecule has 0 aromatic carbocycles. The first-order valence-electron chi connectivity index (χ1n) is 3.38. The zero-order valence-corrected chi connectivity index (χ0v) is 5.53. The molecule has 0 amide bonds. The van der Waals surface area contributed by atoms with E-state index in [9.17, 15) is 12.9 Å². The van der Waals surface area contributed by atoms with E-state index >= 15 is 0 Å². The number of hydrogen-bond donors (Lipinski definition) is 0. The van der Waals surface area contributed by atoms with Gasteiger partial charge in [-0.2, -0.15) is 0 Å². The molecule has 1 nitrogen and oxygen atoms in total. The first-order valence-corrected chi connectivity index (χ1v) is 3.38. The van der Waals surface area contributed by atoms with Crippen molar-refractivity contribution >= 4 is 6.98 Å². The Morgan fingerprint density at radius 1 is 1.30 bits per heavy atom. The second-order valence-electron chi connectivity index (χ2n) is 2.60. The van der Waals surface area contributed by atoms with Gasteiger partial charge in [0.2, 0.25) is 0 Å². The van der Waals surface area contributed by atoms with Crippen LogP contribution in [0.3, 0.4) is 0 Å². The normalized spacial score (nSPS) is 28.5. The van der Waals surface area contributed by atoms with E-state index in [-0.39, 0.29) is 13.0 Å². The molecular weight excluding hydrogens is 144 g/mol. The molecule has 10 heavy (non-hydrogen) atoms. The topological polar surface area (TPSA) is 9.23 Å². The Bertz CT molecular complexity index is 108. The minimum atomic E-state index is -4.65. The minimum absolute atomic E-state index is 0.122. The van der Waals surface area contributed by atoms with Crippen LogP contribution in [0.5, 0.6) is 0 Å². The summed E-state index contributed by atoms with van der Waals surface area (Å²) in [5.41, 5.74) is 0. The average molecular weight is 153 g/mol. The first-order chi connectivity index (χ1) is 4.61. The molecule has 0 aliphatic carbocycles. The van der Waals surface area contributed by atoms with Crippen molar-refractivity contribution in [2.75, 3.05) is 13.2 Å². The van der Waals surface area contributed by atoms with Gasteiger partial charge in [-0.25, -0.2) is 0 Å². The van der Waals surface area contributed by atoms with Gasteiger partial charge in [0.25, 0.3) is 0 Å². The zero-order chi connectivity index (χ0) is 7.61. The van der Waals surface area contributed by atoms with E-state index in [1.165, 1.54) is 0 Å². The lowest BCUT2D eigenvalue weighted by molar-refractivity contribution is 0.0862. The van der Waals surface area contributed by atoms with Crippen molar-refractivity contribution in [2.24, 2.45) is 0 Å². The molecule has 0 aromatic rings. The van der Waals surface area contributed by atoms with Gasteiger partial charge in [-0.15, -0.1) is 0 Å². The minimum Gasteiger partial charge on any atom is -0.449 e. The average Bonchev–Trinajstić information content (AvgIpc) is 1.88. The SMILES string of the molecule is F[B-](F)(F)C1CCCOC1. The lowest BCUT2D eigenvalue weighted by atomic mass is 9.70. The van der Waals surface area contributed by atoms with Crippen LogP contribution in [0, 0.1) is 0 Å². The Morgan fingerprint density at radius 2 is 2.00 bits per heavy atom. The summed E-state index contributed by atoms with van der Waals surface area (Å²) in [7, 11) is 0. The summed E-state index contributed by atoms with van der Waals surface area (Å²) in [6.07, 6.45) is 0.801. The molecule has 0 saturated carbocycles. The molecule has 5 heteroatoms. The van der Waals surface area contributed by atoms with E-state index in [0.717, 1.165) is 0 Å². The summed E-state index contributed by atoms with van der Waals surface area (Å²) in [4.78, 5) is 0. The van der Waals surface area contributed by atoms with E-state index < -0.39 is 12.8 Å². The van der Waals surface area contributed by atoms with Crippen LogP contribution in [0.15, 0.2) is 0 Å². The number of rotatable bonds is 1. The maximum Gasteiger partial charge on any atom is 0.483 e. The lowest BCUT2D eigenvalue weighted by Crippen LogP contribution is -2.30. The molecule has 0 aromatic heterocycles. The van der Waals surface area contributed by atoms with E-state index in [1.807, 2.05) is 0 Å². The van der Waals surface area contributed by atoms with Gasteiger partial charge in [-0.05, 0) is 12.2 Å². The van der Waals surface area contributed by atoms with Crippen molar-refractivity contribution in [1.82, 2.24) is 0 Å². The summed E-state index contributed by atoms with van der Waals surface area (Å²) >= 11 is 0. The van der Waals surface area contributed by atoms with Crippen molar-refractivity contribution < 1.29 is 17.7 Å². The van der Waals surface area contributed by atoms with Crippen LogP contribution in [-0.2, 0) is 4.74 Å². The van der Waals surface area contributed by atoms with Gasteiger partial charge in [0, 0.05) is 13.2 Å². The first kappa shape index (κ1) is 7.92. The number of halogens is 3. The molecule has 1 fully saturated rings. The Labute approximate surface area is 57.6 Å². The molecule has 1 unspecified atom stereocenters. The third-order valence-corrected chi connectivity index (χ3v) is 1.73. The van der Waals surface area contributed by atoms with Crippen molar-refractivity contribution in [3.05, 3.63) is 0 Å². The van der Waals surface area contributed by atoms with Crippen LogP contribution in [-0.4, -0.2) is 20.2 Å². The van der Waals surface area contributed by atoms with Crippen molar-refractivity contribution in [2.45, 2.75) is 18.7 Å². The van der Waals surface area contributed by atoms with Gasteiger partial charge < -0.3 is 17.7 Å². The van der Waals surface area contributed by atoms with E-state index in [0.29, 0.717) is 13.0 Å². The molecule has 0 bridgehead atoms. The smallest absolute Gasteiger partial charge is 0.449 e. The molecule has 1 aliphatic heterocycles. The highest BCUT2D eigenvalue weighted by Gasteiger charge is 2.35. The highest BCUT2D eigenvalue weighted by atomic mass is 19.4. The van der Waals surface area contributed by atoms with Crippen LogP contribution < -0.4 is 0 Å². The maximum atomic E-state index is 11.9. The monoisotopic (exact) mass is 153 g/mol. The molecule has 0 spiro atoms. The molecule has 1 aliphatic rings. The Hall–Kier alpha value is -0.185. The number of hydrogen-bond acceptors (Lipinski definition) is 1. The molecule has 0 radical (unpaired) electrons. The van der Waals surface area contributed by atoms with Crippen LogP contribution in [0.25, 0.3) is 0 Å². The molecule has 60 valence electrons. The fourth-order valence-corrected chi connectivity index (χ4v) is 1.06. The Balaban J connectivity index is 2.39. The molecule has 1 saturated heterocycles. The highest BCUT2D eigenvalue weighted by Crippen LogP contribution is 2.32. The number of ether oxygens (including phenoxy) is 1. The second-order valence-corrected chi connectivity index (χ2v) is 2.60. The van der Waals surface area contributed by atoms with Crippen LogP contribution in [0.1, 0.15) is 12.8 Å². The highest BCUT2D eigenvalue weighted by molar-refractivity contribution is 6.60. The molecule has 1 rings (SSSR count). The quantitative estimate of drug-likeness (QED) is 0.523. The van der Waals surface area contributed by atoms with Gasteiger partial charge in [-0.3, -0.25) is 0 Å².